The minimum absolute atomic E-state index is 0.122. The predicted molar refractivity (Wildman–Crippen MR) is 98.9 cm³/mol. The standard InChI is InChI=1S/C6H14O2.C5H12O2.2C3H8O2/c1-2-3-5-8-6-4-7;1-5(2)7-4-3-6;2*1-5-3-2-4/h7H,2-6H2,1H3;5-6H,3-4H2,1-2H3;2*4H,2-3H2,1H3. The molecule has 0 heterocycles. The zero-order chi connectivity index (χ0) is 20.2. The third-order valence-corrected chi connectivity index (χ3v) is 2.01. The molecule has 0 aromatic rings. The molecule has 0 radical (unpaired) electrons. The molecule has 0 bridgehead atoms. The topological polar surface area (TPSA) is 118 Å². The van der Waals surface area contributed by atoms with Crippen LogP contribution >= 0.6 is 0 Å². The van der Waals surface area contributed by atoms with E-state index in [9.17, 15) is 0 Å². The van der Waals surface area contributed by atoms with Crippen molar-refractivity contribution in [2.75, 3.05) is 73.7 Å². The van der Waals surface area contributed by atoms with Gasteiger partial charge in [-0.2, -0.15) is 0 Å². The van der Waals surface area contributed by atoms with Gasteiger partial charge in [-0.05, 0) is 20.3 Å². The van der Waals surface area contributed by atoms with E-state index in [1.807, 2.05) is 13.8 Å². The van der Waals surface area contributed by atoms with Crippen LogP contribution in [0.5, 0.6) is 0 Å². The second-order valence-corrected chi connectivity index (χ2v) is 4.77. The molecule has 0 amide bonds. The molecule has 158 valence electrons. The molecule has 4 N–H and O–H groups in total. The van der Waals surface area contributed by atoms with Crippen molar-refractivity contribution in [3.63, 3.8) is 0 Å². The van der Waals surface area contributed by atoms with Crippen LogP contribution in [0.2, 0.25) is 0 Å². The van der Waals surface area contributed by atoms with Crippen molar-refractivity contribution in [2.24, 2.45) is 0 Å². The molecule has 0 aliphatic heterocycles. The lowest BCUT2D eigenvalue weighted by molar-refractivity contribution is 0.0494. The first-order valence-corrected chi connectivity index (χ1v) is 8.62. The first-order chi connectivity index (χ1) is 12.0. The van der Waals surface area contributed by atoms with E-state index in [1.54, 1.807) is 14.2 Å². The van der Waals surface area contributed by atoms with Gasteiger partial charge in [0.25, 0.3) is 0 Å². The molecule has 0 unspecified atom stereocenters. The summed E-state index contributed by atoms with van der Waals surface area (Å²) in [6.07, 6.45) is 2.50. The molecule has 0 aromatic heterocycles. The Morgan fingerprint density at radius 2 is 1.12 bits per heavy atom. The summed E-state index contributed by atoms with van der Waals surface area (Å²) >= 11 is 0. The Morgan fingerprint density at radius 3 is 1.32 bits per heavy atom. The van der Waals surface area contributed by atoms with Crippen LogP contribution in [0.15, 0.2) is 0 Å². The van der Waals surface area contributed by atoms with Crippen LogP contribution in [0.25, 0.3) is 0 Å². The van der Waals surface area contributed by atoms with Crippen molar-refractivity contribution in [2.45, 2.75) is 39.7 Å². The fraction of sp³-hybridized carbons (Fsp3) is 1.00. The van der Waals surface area contributed by atoms with Crippen LogP contribution in [0, 0.1) is 0 Å². The third-order valence-electron chi connectivity index (χ3n) is 2.01. The van der Waals surface area contributed by atoms with E-state index in [0.29, 0.717) is 26.4 Å². The Balaban J connectivity index is -0.000000120. The molecule has 0 spiro atoms. The molecular formula is C17H42O8. The smallest absolute Gasteiger partial charge is 0.0701 e. The lowest BCUT2D eigenvalue weighted by Gasteiger charge is -2.02. The molecule has 0 aliphatic carbocycles. The first-order valence-electron chi connectivity index (χ1n) is 8.62. The van der Waals surface area contributed by atoms with Gasteiger partial charge in [-0.3, -0.25) is 0 Å². The Morgan fingerprint density at radius 1 is 0.680 bits per heavy atom. The molecule has 0 rings (SSSR count). The Labute approximate surface area is 153 Å². The van der Waals surface area contributed by atoms with E-state index in [-0.39, 0.29) is 32.5 Å². The fourth-order valence-corrected chi connectivity index (χ4v) is 0.884. The summed E-state index contributed by atoms with van der Waals surface area (Å²) in [5.41, 5.74) is 0. The number of rotatable bonds is 12. The highest BCUT2D eigenvalue weighted by Crippen LogP contribution is 1.86. The number of unbranched alkanes of at least 4 members (excludes halogenated alkanes) is 1. The van der Waals surface area contributed by atoms with E-state index < -0.39 is 0 Å². The van der Waals surface area contributed by atoms with Crippen LogP contribution in [0.4, 0.5) is 0 Å². The molecule has 0 aromatic carbocycles. The zero-order valence-corrected chi connectivity index (χ0v) is 16.8. The van der Waals surface area contributed by atoms with E-state index in [0.717, 1.165) is 19.4 Å². The molecule has 0 saturated carbocycles. The van der Waals surface area contributed by atoms with E-state index in [1.165, 1.54) is 0 Å². The second-order valence-electron chi connectivity index (χ2n) is 4.77. The van der Waals surface area contributed by atoms with Crippen molar-refractivity contribution < 1.29 is 39.4 Å². The summed E-state index contributed by atoms with van der Waals surface area (Å²) in [4.78, 5) is 0. The molecule has 25 heavy (non-hydrogen) atoms. The Hall–Kier alpha value is -0.320. The number of aliphatic hydroxyl groups excluding tert-OH is 4. The van der Waals surface area contributed by atoms with Gasteiger partial charge in [0.2, 0.25) is 0 Å². The van der Waals surface area contributed by atoms with Gasteiger partial charge in [-0.1, -0.05) is 13.3 Å². The zero-order valence-electron chi connectivity index (χ0n) is 16.8. The summed E-state index contributed by atoms with van der Waals surface area (Å²) in [5, 5.41) is 32.3. The van der Waals surface area contributed by atoms with Crippen molar-refractivity contribution in [1.82, 2.24) is 0 Å². The average Bonchev–Trinajstić information content (AvgIpc) is 2.60. The van der Waals surface area contributed by atoms with E-state index in [4.69, 9.17) is 29.9 Å². The minimum Gasteiger partial charge on any atom is -0.394 e. The third kappa shape index (κ3) is 69.2. The summed E-state index contributed by atoms with van der Waals surface area (Å²) in [6.45, 7) is 9.12. The number of hydrogen-bond donors (Lipinski definition) is 4. The Bertz CT molecular complexity index is 155. The maximum Gasteiger partial charge on any atom is 0.0701 e. The van der Waals surface area contributed by atoms with Gasteiger partial charge in [-0.15, -0.1) is 0 Å². The predicted octanol–water partition coefficient (Wildman–Crippen LogP) is 0.449. The molecule has 0 atom stereocenters. The highest BCUT2D eigenvalue weighted by atomic mass is 16.5. The molecule has 0 aliphatic rings. The quantitative estimate of drug-likeness (QED) is 0.364. The van der Waals surface area contributed by atoms with Crippen LogP contribution in [0.1, 0.15) is 33.6 Å². The van der Waals surface area contributed by atoms with Gasteiger partial charge in [0, 0.05) is 20.8 Å². The van der Waals surface area contributed by atoms with Gasteiger partial charge in [0.15, 0.2) is 0 Å². The normalized spacial score (nSPS) is 9.36. The van der Waals surface area contributed by atoms with Gasteiger partial charge in [-0.25, -0.2) is 0 Å². The van der Waals surface area contributed by atoms with Crippen molar-refractivity contribution >= 4 is 0 Å². The summed E-state index contributed by atoms with van der Waals surface area (Å²) < 4.78 is 18.8. The number of methoxy groups -OCH3 is 2. The maximum absolute atomic E-state index is 8.24. The molecular weight excluding hydrogens is 332 g/mol. The van der Waals surface area contributed by atoms with Crippen LogP contribution in [-0.4, -0.2) is 100 Å². The summed E-state index contributed by atoms with van der Waals surface area (Å²) in [6, 6.07) is 0. The fourth-order valence-electron chi connectivity index (χ4n) is 0.884. The highest BCUT2D eigenvalue weighted by Gasteiger charge is 1.87. The number of ether oxygens (including phenoxy) is 4. The van der Waals surface area contributed by atoms with Crippen LogP contribution < -0.4 is 0 Å². The maximum atomic E-state index is 8.24. The molecule has 8 heteroatoms. The van der Waals surface area contributed by atoms with Gasteiger partial charge < -0.3 is 39.4 Å². The van der Waals surface area contributed by atoms with Gasteiger partial charge in [0.1, 0.15) is 0 Å². The van der Waals surface area contributed by atoms with Gasteiger partial charge in [0.05, 0.1) is 59.0 Å². The lowest BCUT2D eigenvalue weighted by atomic mass is 10.4. The average molecular weight is 375 g/mol. The second kappa shape index (κ2) is 39.0. The SMILES string of the molecule is CC(C)OCCO.CCCCOCCO.COCCO.COCCO. The summed E-state index contributed by atoms with van der Waals surface area (Å²) in [5.74, 6) is 0. The Kier molecular flexibility index (Phi) is 50.4. The van der Waals surface area contributed by atoms with E-state index >= 15 is 0 Å². The van der Waals surface area contributed by atoms with Gasteiger partial charge >= 0.3 is 0 Å². The van der Waals surface area contributed by atoms with Crippen molar-refractivity contribution in [3.05, 3.63) is 0 Å². The highest BCUT2D eigenvalue weighted by molar-refractivity contribution is 4.33. The molecule has 8 nitrogen and oxygen atoms in total. The number of aliphatic hydroxyl groups is 4. The molecule has 0 saturated heterocycles. The first kappa shape index (κ1) is 32.4. The minimum atomic E-state index is 0.122. The van der Waals surface area contributed by atoms with Crippen LogP contribution in [0.3, 0.4) is 0 Å². The summed E-state index contributed by atoms with van der Waals surface area (Å²) in [7, 11) is 3.10. The largest absolute Gasteiger partial charge is 0.394 e. The van der Waals surface area contributed by atoms with E-state index in [2.05, 4.69) is 16.4 Å². The molecule has 0 fully saturated rings. The van der Waals surface area contributed by atoms with Crippen molar-refractivity contribution in [3.8, 4) is 0 Å². The van der Waals surface area contributed by atoms with Crippen LogP contribution in [-0.2, 0) is 18.9 Å². The monoisotopic (exact) mass is 374 g/mol. The number of hydrogen-bond acceptors (Lipinski definition) is 8. The van der Waals surface area contributed by atoms with Crippen molar-refractivity contribution in [1.29, 1.82) is 0 Å². The lowest BCUT2D eigenvalue weighted by Crippen LogP contribution is -2.06.